The van der Waals surface area contributed by atoms with E-state index in [-0.39, 0.29) is 22.4 Å². The maximum absolute atomic E-state index is 13.1. The Hall–Kier alpha value is -3.39. The number of carboxylic acid groups (broad SMARTS) is 1. The van der Waals surface area contributed by atoms with Crippen LogP contribution in [0.25, 0.3) is 21.8 Å². The maximum Gasteiger partial charge on any atom is 0.356 e. The van der Waals surface area contributed by atoms with E-state index in [9.17, 15) is 14.7 Å². The van der Waals surface area contributed by atoms with Crippen LogP contribution in [0.2, 0.25) is 5.15 Å². The van der Waals surface area contributed by atoms with Crippen molar-refractivity contribution in [3.05, 3.63) is 62.8 Å². The largest absolute Gasteiger partial charge is 0.476 e. The highest BCUT2D eigenvalue weighted by Crippen LogP contribution is 2.32. The molecule has 0 saturated carbocycles. The smallest absolute Gasteiger partial charge is 0.356 e. The van der Waals surface area contributed by atoms with Crippen LogP contribution < -0.4 is 10.9 Å². The SMILES string of the molecule is Cc1cc(C(C)Nc2ccc(Cl)nc2C(=O)O)c2c(c1)c(=O)n(C)c1c2cnn1C. The van der Waals surface area contributed by atoms with Crippen LogP contribution in [-0.2, 0) is 14.1 Å². The number of aromatic nitrogens is 4. The molecule has 0 aliphatic rings. The molecule has 3 heterocycles. The highest BCUT2D eigenvalue weighted by atomic mass is 35.5. The Morgan fingerprint density at radius 3 is 2.67 bits per heavy atom. The van der Waals surface area contributed by atoms with Crippen LogP contribution in [0.1, 0.15) is 34.6 Å². The fourth-order valence-corrected chi connectivity index (χ4v) is 4.08. The van der Waals surface area contributed by atoms with Crippen LogP contribution in [-0.4, -0.2) is 30.4 Å². The van der Waals surface area contributed by atoms with Gasteiger partial charge in [-0.05, 0) is 43.2 Å². The van der Waals surface area contributed by atoms with Crippen molar-refractivity contribution in [1.29, 1.82) is 0 Å². The number of aromatic carboxylic acids is 1. The Morgan fingerprint density at radius 2 is 1.97 bits per heavy atom. The van der Waals surface area contributed by atoms with E-state index in [1.807, 2.05) is 26.0 Å². The fraction of sp³-hybridized carbons (Fsp3) is 0.238. The molecule has 0 aliphatic carbocycles. The number of rotatable bonds is 4. The second-order valence-electron chi connectivity index (χ2n) is 7.35. The molecule has 4 aromatic rings. The van der Waals surface area contributed by atoms with Gasteiger partial charge in [0.2, 0.25) is 0 Å². The summed E-state index contributed by atoms with van der Waals surface area (Å²) in [7, 11) is 3.52. The van der Waals surface area contributed by atoms with Crippen LogP contribution >= 0.6 is 11.6 Å². The lowest BCUT2D eigenvalue weighted by Crippen LogP contribution is -2.20. The molecular formula is C21H20ClN5O3. The Bertz CT molecular complexity index is 1390. The monoisotopic (exact) mass is 425 g/mol. The van der Waals surface area contributed by atoms with Crippen molar-refractivity contribution < 1.29 is 9.90 Å². The second-order valence-corrected chi connectivity index (χ2v) is 7.73. The van der Waals surface area contributed by atoms with Crippen LogP contribution in [0.4, 0.5) is 5.69 Å². The fourth-order valence-electron chi connectivity index (χ4n) is 3.93. The summed E-state index contributed by atoms with van der Waals surface area (Å²) in [6.45, 7) is 3.84. The average molecular weight is 426 g/mol. The molecule has 1 atom stereocenters. The molecule has 0 bridgehead atoms. The summed E-state index contributed by atoms with van der Waals surface area (Å²) < 4.78 is 3.27. The van der Waals surface area contributed by atoms with Gasteiger partial charge in [-0.25, -0.2) is 9.78 Å². The second kappa shape index (κ2) is 7.14. The number of hydrogen-bond acceptors (Lipinski definition) is 5. The summed E-state index contributed by atoms with van der Waals surface area (Å²) in [5.41, 5.74) is 2.59. The first-order chi connectivity index (χ1) is 14.2. The summed E-state index contributed by atoms with van der Waals surface area (Å²) in [5, 5.41) is 19.4. The highest BCUT2D eigenvalue weighted by molar-refractivity contribution is 6.29. The maximum atomic E-state index is 13.1. The lowest BCUT2D eigenvalue weighted by molar-refractivity contribution is 0.0691. The van der Waals surface area contributed by atoms with Crippen LogP contribution in [0.5, 0.6) is 0 Å². The number of aryl methyl sites for hydroxylation is 3. The Balaban J connectivity index is 1.95. The first-order valence-corrected chi connectivity index (χ1v) is 9.68. The van der Waals surface area contributed by atoms with E-state index >= 15 is 0 Å². The minimum Gasteiger partial charge on any atom is -0.476 e. The summed E-state index contributed by atoms with van der Waals surface area (Å²) in [6.07, 6.45) is 1.75. The minimum atomic E-state index is -1.18. The molecule has 1 aromatic carbocycles. The molecule has 0 saturated heterocycles. The van der Waals surface area contributed by atoms with Gasteiger partial charge in [0.05, 0.1) is 11.9 Å². The number of carbonyl (C=O) groups is 1. The van der Waals surface area contributed by atoms with E-state index in [0.717, 1.165) is 21.9 Å². The van der Waals surface area contributed by atoms with Crippen molar-refractivity contribution >= 4 is 45.1 Å². The predicted molar refractivity (Wildman–Crippen MR) is 116 cm³/mol. The molecule has 0 spiro atoms. The number of benzene rings is 1. The predicted octanol–water partition coefficient (Wildman–Crippen LogP) is 3.65. The van der Waals surface area contributed by atoms with Crippen molar-refractivity contribution in [2.45, 2.75) is 19.9 Å². The van der Waals surface area contributed by atoms with Crippen molar-refractivity contribution in [2.24, 2.45) is 14.1 Å². The number of pyridine rings is 2. The summed E-state index contributed by atoms with van der Waals surface area (Å²) >= 11 is 5.86. The van der Waals surface area contributed by atoms with E-state index in [1.165, 1.54) is 6.07 Å². The molecule has 2 N–H and O–H groups in total. The molecule has 3 aromatic heterocycles. The third kappa shape index (κ3) is 3.09. The van der Waals surface area contributed by atoms with E-state index < -0.39 is 5.97 Å². The first kappa shape index (κ1) is 19.9. The Kier molecular flexibility index (Phi) is 4.74. The molecule has 0 aliphatic heterocycles. The lowest BCUT2D eigenvalue weighted by Gasteiger charge is -2.20. The zero-order chi connectivity index (χ0) is 21.7. The quantitative estimate of drug-likeness (QED) is 0.484. The van der Waals surface area contributed by atoms with E-state index in [4.69, 9.17) is 11.6 Å². The third-order valence-corrected chi connectivity index (χ3v) is 5.46. The van der Waals surface area contributed by atoms with Crippen molar-refractivity contribution in [3.63, 3.8) is 0 Å². The molecule has 154 valence electrons. The first-order valence-electron chi connectivity index (χ1n) is 9.30. The van der Waals surface area contributed by atoms with Crippen molar-refractivity contribution in [3.8, 4) is 0 Å². The van der Waals surface area contributed by atoms with Gasteiger partial charge in [-0.1, -0.05) is 17.7 Å². The van der Waals surface area contributed by atoms with Gasteiger partial charge in [0.15, 0.2) is 5.69 Å². The normalized spacial score (nSPS) is 12.4. The summed E-state index contributed by atoms with van der Waals surface area (Å²) in [6, 6.07) is 6.67. The third-order valence-electron chi connectivity index (χ3n) is 5.25. The molecule has 30 heavy (non-hydrogen) atoms. The van der Waals surface area contributed by atoms with Gasteiger partial charge in [0, 0.05) is 36.3 Å². The summed E-state index contributed by atoms with van der Waals surface area (Å²) in [5.74, 6) is -1.18. The molecule has 0 amide bonds. The van der Waals surface area contributed by atoms with Gasteiger partial charge in [0.25, 0.3) is 5.56 Å². The standard InChI is InChI=1S/C21H20ClN5O3/c1-10-7-12(11(2)24-15-5-6-16(22)25-18(15)21(29)30)17-13(8-10)20(28)26(3)19-14(17)9-23-27(19)4/h5-9,11,24H,1-4H3,(H,29,30). The molecule has 0 fully saturated rings. The number of anilines is 1. The molecular weight excluding hydrogens is 406 g/mol. The van der Waals surface area contributed by atoms with Crippen molar-refractivity contribution in [2.75, 3.05) is 5.32 Å². The average Bonchev–Trinajstić information content (AvgIpc) is 3.08. The van der Waals surface area contributed by atoms with Gasteiger partial charge in [-0.3, -0.25) is 14.0 Å². The summed E-state index contributed by atoms with van der Waals surface area (Å²) in [4.78, 5) is 28.6. The number of nitrogens with zero attached hydrogens (tertiary/aromatic N) is 4. The molecule has 9 heteroatoms. The zero-order valence-corrected chi connectivity index (χ0v) is 17.7. The van der Waals surface area contributed by atoms with E-state index in [1.54, 1.807) is 35.6 Å². The van der Waals surface area contributed by atoms with Gasteiger partial charge in [0.1, 0.15) is 10.8 Å². The van der Waals surface area contributed by atoms with E-state index in [2.05, 4.69) is 15.4 Å². The van der Waals surface area contributed by atoms with Gasteiger partial charge >= 0.3 is 5.97 Å². The topological polar surface area (TPSA) is 102 Å². The molecule has 8 nitrogen and oxygen atoms in total. The highest BCUT2D eigenvalue weighted by Gasteiger charge is 2.21. The van der Waals surface area contributed by atoms with Gasteiger partial charge in [-0.15, -0.1) is 0 Å². The molecule has 4 rings (SSSR count). The Labute approximate surface area is 176 Å². The van der Waals surface area contributed by atoms with Crippen LogP contribution in [0.3, 0.4) is 0 Å². The molecule has 1 unspecified atom stereocenters. The number of halogens is 1. The van der Waals surface area contributed by atoms with Crippen LogP contribution in [0, 0.1) is 6.92 Å². The number of hydrogen-bond donors (Lipinski definition) is 2. The Morgan fingerprint density at radius 1 is 1.23 bits per heavy atom. The van der Waals surface area contributed by atoms with Gasteiger partial charge in [-0.2, -0.15) is 5.10 Å². The minimum absolute atomic E-state index is 0.104. The van der Waals surface area contributed by atoms with Gasteiger partial charge < -0.3 is 10.4 Å². The molecule has 0 radical (unpaired) electrons. The number of fused-ring (bicyclic) bond motifs is 3. The zero-order valence-electron chi connectivity index (χ0n) is 16.9. The lowest BCUT2D eigenvalue weighted by atomic mass is 9.95. The van der Waals surface area contributed by atoms with Crippen LogP contribution in [0.15, 0.2) is 35.3 Å². The van der Waals surface area contributed by atoms with Crippen molar-refractivity contribution in [1.82, 2.24) is 19.3 Å². The number of carboxylic acids is 1. The van der Waals surface area contributed by atoms with E-state index in [0.29, 0.717) is 16.7 Å². The number of nitrogens with one attached hydrogen (secondary N) is 1.